The quantitative estimate of drug-likeness (QED) is 0.790. The summed E-state index contributed by atoms with van der Waals surface area (Å²) in [7, 11) is 4.59. The molecule has 0 N–H and O–H groups in total. The van der Waals surface area contributed by atoms with E-state index >= 15 is 0 Å². The molecule has 0 spiro atoms. The Labute approximate surface area is 147 Å². The van der Waals surface area contributed by atoms with E-state index in [0.717, 1.165) is 36.0 Å². The Balaban J connectivity index is 2.13. The normalized spacial score (nSPS) is 13.2. The van der Waals surface area contributed by atoms with E-state index in [1.165, 1.54) is 7.11 Å². The number of hydrogen-bond donors (Lipinski definition) is 0. The molecule has 0 unspecified atom stereocenters. The fraction of sp³-hybridized carbons (Fsp3) is 0.350. The largest absolute Gasteiger partial charge is 0.493 e. The first-order chi connectivity index (χ1) is 12.2. The van der Waals surface area contributed by atoms with Gasteiger partial charge >= 0.3 is 5.97 Å². The van der Waals surface area contributed by atoms with Crippen LogP contribution in [-0.4, -0.2) is 33.9 Å². The second-order valence-electron chi connectivity index (χ2n) is 5.88. The van der Waals surface area contributed by atoms with Crippen molar-refractivity contribution in [3.05, 3.63) is 41.5 Å². The number of benzene rings is 2. The molecule has 0 aromatic heterocycles. The lowest BCUT2D eigenvalue weighted by Crippen LogP contribution is -2.07. The highest BCUT2D eigenvalue weighted by Gasteiger charge is 2.21. The van der Waals surface area contributed by atoms with Crippen LogP contribution >= 0.6 is 0 Å². The van der Waals surface area contributed by atoms with Gasteiger partial charge in [-0.15, -0.1) is 0 Å². The van der Waals surface area contributed by atoms with Crippen molar-refractivity contribution in [1.29, 1.82) is 0 Å². The minimum Gasteiger partial charge on any atom is -0.493 e. The Morgan fingerprint density at radius 1 is 0.960 bits per heavy atom. The Morgan fingerprint density at radius 2 is 1.76 bits per heavy atom. The molecule has 2 aromatic carbocycles. The van der Waals surface area contributed by atoms with Crippen molar-refractivity contribution in [2.24, 2.45) is 0 Å². The molecule has 1 aliphatic rings. The average molecular weight is 342 g/mol. The maximum Gasteiger partial charge on any atom is 0.341 e. The summed E-state index contributed by atoms with van der Waals surface area (Å²) in [6.45, 7) is 0.618. The molecule has 0 saturated heterocycles. The van der Waals surface area contributed by atoms with E-state index in [2.05, 4.69) is 6.07 Å². The van der Waals surface area contributed by atoms with Gasteiger partial charge in [-0.2, -0.15) is 0 Å². The SMILES string of the molecule is COC(=O)c1cc(-c2ccc(OC)c(OC)c2)cc2c1OCCCC2. The van der Waals surface area contributed by atoms with E-state index < -0.39 is 0 Å². The van der Waals surface area contributed by atoms with Crippen molar-refractivity contribution >= 4 is 5.97 Å². The van der Waals surface area contributed by atoms with Gasteiger partial charge in [-0.25, -0.2) is 4.79 Å². The fourth-order valence-corrected chi connectivity index (χ4v) is 3.08. The fourth-order valence-electron chi connectivity index (χ4n) is 3.08. The number of carbonyl (C=O) groups is 1. The van der Waals surface area contributed by atoms with Crippen LogP contribution in [0.15, 0.2) is 30.3 Å². The van der Waals surface area contributed by atoms with E-state index in [1.807, 2.05) is 24.3 Å². The van der Waals surface area contributed by atoms with E-state index in [-0.39, 0.29) is 5.97 Å². The minimum absolute atomic E-state index is 0.388. The van der Waals surface area contributed by atoms with Gasteiger partial charge in [-0.1, -0.05) is 6.07 Å². The van der Waals surface area contributed by atoms with Gasteiger partial charge in [0.2, 0.25) is 0 Å². The van der Waals surface area contributed by atoms with Crippen LogP contribution < -0.4 is 14.2 Å². The lowest BCUT2D eigenvalue weighted by molar-refractivity contribution is 0.0596. The van der Waals surface area contributed by atoms with Gasteiger partial charge in [0.25, 0.3) is 0 Å². The zero-order valence-electron chi connectivity index (χ0n) is 14.8. The molecule has 0 saturated carbocycles. The number of methoxy groups -OCH3 is 3. The first-order valence-electron chi connectivity index (χ1n) is 8.28. The molecular formula is C20H22O5. The Bertz CT molecular complexity index is 782. The second-order valence-corrected chi connectivity index (χ2v) is 5.88. The first-order valence-corrected chi connectivity index (χ1v) is 8.28. The van der Waals surface area contributed by atoms with Crippen LogP contribution in [0.25, 0.3) is 11.1 Å². The van der Waals surface area contributed by atoms with Crippen LogP contribution in [0.4, 0.5) is 0 Å². The predicted molar refractivity (Wildman–Crippen MR) is 94.8 cm³/mol. The summed E-state index contributed by atoms with van der Waals surface area (Å²) in [5, 5.41) is 0. The highest BCUT2D eigenvalue weighted by atomic mass is 16.5. The van der Waals surface area contributed by atoms with Crippen LogP contribution in [-0.2, 0) is 11.2 Å². The highest BCUT2D eigenvalue weighted by Crippen LogP contribution is 2.37. The van der Waals surface area contributed by atoms with Gasteiger partial charge in [0.15, 0.2) is 11.5 Å². The number of ether oxygens (including phenoxy) is 4. The maximum atomic E-state index is 12.3. The molecule has 0 aliphatic carbocycles. The van der Waals surface area contributed by atoms with Crippen molar-refractivity contribution in [3.63, 3.8) is 0 Å². The monoisotopic (exact) mass is 342 g/mol. The van der Waals surface area contributed by atoms with Crippen LogP contribution in [0.1, 0.15) is 28.8 Å². The van der Waals surface area contributed by atoms with Crippen LogP contribution in [0.5, 0.6) is 17.2 Å². The molecule has 25 heavy (non-hydrogen) atoms. The lowest BCUT2D eigenvalue weighted by Gasteiger charge is -2.15. The van der Waals surface area contributed by atoms with Crippen LogP contribution in [0, 0.1) is 0 Å². The Morgan fingerprint density at radius 3 is 2.48 bits per heavy atom. The summed E-state index contributed by atoms with van der Waals surface area (Å²) in [5.41, 5.74) is 3.36. The summed E-state index contributed by atoms with van der Waals surface area (Å²) in [5.74, 6) is 1.57. The first kappa shape index (κ1) is 17.1. The molecule has 0 atom stereocenters. The minimum atomic E-state index is -0.388. The summed E-state index contributed by atoms with van der Waals surface area (Å²) < 4.78 is 21.5. The molecule has 0 radical (unpaired) electrons. The van der Waals surface area contributed by atoms with E-state index in [1.54, 1.807) is 14.2 Å². The van der Waals surface area contributed by atoms with E-state index in [9.17, 15) is 4.79 Å². The Hall–Kier alpha value is -2.69. The van der Waals surface area contributed by atoms with Gasteiger partial charge in [0.05, 0.1) is 27.9 Å². The molecule has 0 bridgehead atoms. The maximum absolute atomic E-state index is 12.3. The van der Waals surface area contributed by atoms with E-state index in [0.29, 0.717) is 29.4 Å². The number of aryl methyl sites for hydroxylation is 1. The molecule has 0 amide bonds. The van der Waals surface area contributed by atoms with Crippen LogP contribution in [0.2, 0.25) is 0 Å². The molecule has 2 aromatic rings. The molecule has 1 aliphatic heterocycles. The second kappa shape index (κ2) is 7.47. The smallest absolute Gasteiger partial charge is 0.341 e. The summed E-state index contributed by atoms with van der Waals surface area (Å²) in [6.07, 6.45) is 2.88. The summed E-state index contributed by atoms with van der Waals surface area (Å²) >= 11 is 0. The molecule has 5 heteroatoms. The van der Waals surface area contributed by atoms with Crippen molar-refractivity contribution in [2.75, 3.05) is 27.9 Å². The average Bonchev–Trinajstić information content (AvgIpc) is 2.91. The molecular weight excluding hydrogens is 320 g/mol. The van der Waals surface area contributed by atoms with Crippen LogP contribution in [0.3, 0.4) is 0 Å². The zero-order chi connectivity index (χ0) is 17.8. The zero-order valence-corrected chi connectivity index (χ0v) is 14.8. The lowest BCUT2D eigenvalue weighted by atomic mass is 9.96. The van der Waals surface area contributed by atoms with Gasteiger partial charge < -0.3 is 18.9 Å². The van der Waals surface area contributed by atoms with Crippen molar-refractivity contribution in [3.8, 4) is 28.4 Å². The standard InChI is InChI=1S/C20H22O5/c1-22-17-8-7-13(12-18(17)23-2)15-10-14-6-4-5-9-25-19(14)16(11-15)20(21)24-3/h7-8,10-12H,4-6,9H2,1-3H3. The van der Waals surface area contributed by atoms with Gasteiger partial charge in [-0.05, 0) is 60.2 Å². The molecule has 3 rings (SSSR count). The third-order valence-corrected chi connectivity index (χ3v) is 4.37. The van der Waals surface area contributed by atoms with Gasteiger partial charge in [0.1, 0.15) is 11.3 Å². The van der Waals surface area contributed by atoms with Gasteiger partial charge in [-0.3, -0.25) is 0 Å². The van der Waals surface area contributed by atoms with Crippen molar-refractivity contribution in [2.45, 2.75) is 19.3 Å². The molecule has 5 nitrogen and oxygen atoms in total. The third-order valence-electron chi connectivity index (χ3n) is 4.37. The number of rotatable bonds is 4. The molecule has 1 heterocycles. The van der Waals surface area contributed by atoms with E-state index in [4.69, 9.17) is 18.9 Å². The summed E-state index contributed by atoms with van der Waals surface area (Å²) in [6, 6.07) is 9.60. The number of hydrogen-bond acceptors (Lipinski definition) is 5. The van der Waals surface area contributed by atoms with Crippen molar-refractivity contribution in [1.82, 2.24) is 0 Å². The number of esters is 1. The van der Waals surface area contributed by atoms with Gasteiger partial charge in [0, 0.05) is 0 Å². The highest BCUT2D eigenvalue weighted by molar-refractivity contribution is 5.95. The Kier molecular flexibility index (Phi) is 5.12. The number of fused-ring (bicyclic) bond motifs is 1. The summed E-state index contributed by atoms with van der Waals surface area (Å²) in [4.78, 5) is 12.3. The molecule has 132 valence electrons. The predicted octanol–water partition coefficient (Wildman–Crippen LogP) is 3.87. The number of carbonyl (C=O) groups excluding carboxylic acids is 1. The third kappa shape index (κ3) is 3.40. The topological polar surface area (TPSA) is 54.0 Å². The van der Waals surface area contributed by atoms with Crippen molar-refractivity contribution < 1.29 is 23.7 Å². The molecule has 0 fully saturated rings.